The molecule has 2 atom stereocenters. The maximum absolute atomic E-state index is 11.9. The van der Waals surface area contributed by atoms with Crippen molar-refractivity contribution in [2.75, 3.05) is 19.8 Å². The molecular weight excluding hydrogens is 254 g/mol. The number of nitrogens with one attached hydrogen (secondary N) is 1. The highest BCUT2D eigenvalue weighted by Gasteiger charge is 2.23. The lowest BCUT2D eigenvalue weighted by atomic mass is 10.1. The SMILES string of the molecule is CC[C@H](CNC(=O)[C@H]1CCOC1)Oc1cccc(C)c1. The van der Waals surface area contributed by atoms with E-state index in [1.54, 1.807) is 0 Å². The molecule has 0 unspecified atom stereocenters. The summed E-state index contributed by atoms with van der Waals surface area (Å²) in [6.45, 7) is 5.87. The first-order chi connectivity index (χ1) is 9.69. The van der Waals surface area contributed by atoms with E-state index < -0.39 is 0 Å². The van der Waals surface area contributed by atoms with Gasteiger partial charge in [0, 0.05) is 6.61 Å². The van der Waals surface area contributed by atoms with Crippen LogP contribution in [0.3, 0.4) is 0 Å². The normalized spacial score (nSPS) is 19.6. The summed E-state index contributed by atoms with van der Waals surface area (Å²) in [6, 6.07) is 7.97. The van der Waals surface area contributed by atoms with E-state index in [0.29, 0.717) is 19.8 Å². The minimum absolute atomic E-state index is 0.00284. The molecule has 4 heteroatoms. The smallest absolute Gasteiger partial charge is 0.225 e. The first-order valence-electron chi connectivity index (χ1n) is 7.27. The van der Waals surface area contributed by atoms with Gasteiger partial charge in [0.25, 0.3) is 0 Å². The molecule has 1 heterocycles. The number of hydrogen-bond donors (Lipinski definition) is 1. The predicted octanol–water partition coefficient (Wildman–Crippen LogP) is 2.31. The minimum atomic E-state index is 0.00284. The first kappa shape index (κ1) is 14.9. The van der Waals surface area contributed by atoms with Gasteiger partial charge in [0.15, 0.2) is 0 Å². The molecule has 1 aliphatic rings. The van der Waals surface area contributed by atoms with E-state index in [0.717, 1.165) is 18.6 Å². The van der Waals surface area contributed by atoms with Crippen molar-refractivity contribution in [1.29, 1.82) is 0 Å². The molecule has 0 spiro atoms. The zero-order valence-corrected chi connectivity index (χ0v) is 12.2. The van der Waals surface area contributed by atoms with Gasteiger partial charge in [0.2, 0.25) is 5.91 Å². The number of aryl methyl sites for hydroxylation is 1. The molecule has 4 nitrogen and oxygen atoms in total. The fourth-order valence-corrected chi connectivity index (χ4v) is 2.25. The summed E-state index contributed by atoms with van der Waals surface area (Å²) in [5.74, 6) is 0.940. The topological polar surface area (TPSA) is 47.6 Å². The van der Waals surface area contributed by atoms with Crippen LogP contribution in [0.15, 0.2) is 24.3 Å². The van der Waals surface area contributed by atoms with Gasteiger partial charge in [-0.25, -0.2) is 0 Å². The molecule has 1 aliphatic heterocycles. The number of rotatable bonds is 6. The van der Waals surface area contributed by atoms with Crippen LogP contribution in [0, 0.1) is 12.8 Å². The number of hydrogen-bond acceptors (Lipinski definition) is 3. The summed E-state index contributed by atoms with van der Waals surface area (Å²) in [5.41, 5.74) is 1.17. The molecule has 1 aromatic rings. The summed E-state index contributed by atoms with van der Waals surface area (Å²) < 4.78 is 11.1. The van der Waals surface area contributed by atoms with E-state index in [2.05, 4.69) is 12.2 Å². The van der Waals surface area contributed by atoms with Crippen LogP contribution < -0.4 is 10.1 Å². The third-order valence-electron chi connectivity index (χ3n) is 3.55. The highest BCUT2D eigenvalue weighted by Crippen LogP contribution is 2.16. The van der Waals surface area contributed by atoms with Gasteiger partial charge in [-0.3, -0.25) is 4.79 Å². The molecule has 0 radical (unpaired) electrons. The summed E-state index contributed by atoms with van der Waals surface area (Å²) >= 11 is 0. The molecule has 1 amide bonds. The second-order valence-electron chi connectivity index (χ2n) is 5.27. The maximum atomic E-state index is 11.9. The molecular formula is C16H23NO3. The first-order valence-corrected chi connectivity index (χ1v) is 7.27. The van der Waals surface area contributed by atoms with Crippen LogP contribution >= 0.6 is 0 Å². The molecule has 0 aromatic heterocycles. The Bertz CT molecular complexity index is 441. The van der Waals surface area contributed by atoms with Crippen LogP contribution in [0.1, 0.15) is 25.3 Å². The van der Waals surface area contributed by atoms with Gasteiger partial charge in [0.05, 0.1) is 19.1 Å². The fourth-order valence-electron chi connectivity index (χ4n) is 2.25. The second-order valence-corrected chi connectivity index (χ2v) is 5.27. The molecule has 20 heavy (non-hydrogen) atoms. The minimum Gasteiger partial charge on any atom is -0.489 e. The molecule has 0 aliphatic carbocycles. The van der Waals surface area contributed by atoms with E-state index in [-0.39, 0.29) is 17.9 Å². The number of ether oxygens (including phenoxy) is 2. The van der Waals surface area contributed by atoms with Crippen molar-refractivity contribution < 1.29 is 14.3 Å². The Morgan fingerprint density at radius 2 is 2.40 bits per heavy atom. The van der Waals surface area contributed by atoms with Crippen molar-refractivity contribution in [3.05, 3.63) is 29.8 Å². The number of carbonyl (C=O) groups is 1. The van der Waals surface area contributed by atoms with Crippen molar-refractivity contribution in [3.63, 3.8) is 0 Å². The lowest BCUT2D eigenvalue weighted by Crippen LogP contribution is -2.38. The number of benzene rings is 1. The summed E-state index contributed by atoms with van der Waals surface area (Å²) in [4.78, 5) is 11.9. The number of amides is 1. The fraction of sp³-hybridized carbons (Fsp3) is 0.562. The lowest BCUT2D eigenvalue weighted by molar-refractivity contribution is -0.125. The highest BCUT2D eigenvalue weighted by molar-refractivity contribution is 5.79. The van der Waals surface area contributed by atoms with E-state index >= 15 is 0 Å². The largest absolute Gasteiger partial charge is 0.489 e. The maximum Gasteiger partial charge on any atom is 0.225 e. The van der Waals surface area contributed by atoms with E-state index in [4.69, 9.17) is 9.47 Å². The van der Waals surface area contributed by atoms with Crippen molar-refractivity contribution in [2.24, 2.45) is 5.92 Å². The van der Waals surface area contributed by atoms with Crippen LogP contribution in [0.4, 0.5) is 0 Å². The van der Waals surface area contributed by atoms with Crippen molar-refractivity contribution >= 4 is 5.91 Å². The van der Waals surface area contributed by atoms with Crippen LogP contribution in [-0.4, -0.2) is 31.8 Å². The Hall–Kier alpha value is -1.55. The third-order valence-corrected chi connectivity index (χ3v) is 3.55. The molecule has 1 N–H and O–H groups in total. The third kappa shape index (κ3) is 4.23. The molecule has 0 bridgehead atoms. The van der Waals surface area contributed by atoms with Gasteiger partial charge in [-0.2, -0.15) is 0 Å². The second kappa shape index (κ2) is 7.29. The zero-order chi connectivity index (χ0) is 14.4. The van der Waals surface area contributed by atoms with Gasteiger partial charge in [-0.15, -0.1) is 0 Å². The van der Waals surface area contributed by atoms with Gasteiger partial charge in [-0.1, -0.05) is 19.1 Å². The van der Waals surface area contributed by atoms with Gasteiger partial charge < -0.3 is 14.8 Å². The van der Waals surface area contributed by atoms with Crippen LogP contribution in [0.25, 0.3) is 0 Å². The predicted molar refractivity (Wildman–Crippen MR) is 77.8 cm³/mol. The monoisotopic (exact) mass is 277 g/mol. The van der Waals surface area contributed by atoms with Crippen LogP contribution in [0.2, 0.25) is 0 Å². The molecule has 1 saturated heterocycles. The summed E-state index contributed by atoms with van der Waals surface area (Å²) in [7, 11) is 0. The Labute approximate surface area is 120 Å². The Morgan fingerprint density at radius 1 is 1.55 bits per heavy atom. The Morgan fingerprint density at radius 3 is 3.05 bits per heavy atom. The van der Waals surface area contributed by atoms with E-state index in [9.17, 15) is 4.79 Å². The van der Waals surface area contributed by atoms with Gasteiger partial charge >= 0.3 is 0 Å². The highest BCUT2D eigenvalue weighted by atomic mass is 16.5. The van der Waals surface area contributed by atoms with E-state index in [1.807, 2.05) is 31.2 Å². The standard InChI is InChI=1S/C16H23NO3/c1-3-14(20-15-6-4-5-12(2)9-15)10-17-16(18)13-7-8-19-11-13/h4-6,9,13-14H,3,7-8,10-11H2,1-2H3,(H,17,18)/t13-,14+/m0/s1. The Balaban J connectivity index is 1.81. The van der Waals surface area contributed by atoms with Crippen LogP contribution in [0.5, 0.6) is 5.75 Å². The van der Waals surface area contributed by atoms with Crippen LogP contribution in [-0.2, 0) is 9.53 Å². The Kier molecular flexibility index (Phi) is 5.41. The molecule has 2 rings (SSSR count). The molecule has 110 valence electrons. The van der Waals surface area contributed by atoms with Crippen molar-refractivity contribution in [3.8, 4) is 5.75 Å². The molecule has 0 saturated carbocycles. The molecule has 1 fully saturated rings. The summed E-state index contributed by atoms with van der Waals surface area (Å²) in [5, 5.41) is 2.97. The van der Waals surface area contributed by atoms with Crippen molar-refractivity contribution in [1.82, 2.24) is 5.32 Å². The van der Waals surface area contributed by atoms with E-state index in [1.165, 1.54) is 5.56 Å². The number of carbonyl (C=O) groups excluding carboxylic acids is 1. The average molecular weight is 277 g/mol. The zero-order valence-electron chi connectivity index (χ0n) is 12.2. The summed E-state index contributed by atoms with van der Waals surface area (Å²) in [6.07, 6.45) is 1.68. The average Bonchev–Trinajstić information content (AvgIpc) is 2.97. The van der Waals surface area contributed by atoms with Gasteiger partial charge in [-0.05, 0) is 37.5 Å². The quantitative estimate of drug-likeness (QED) is 0.868. The van der Waals surface area contributed by atoms with Gasteiger partial charge in [0.1, 0.15) is 11.9 Å². The van der Waals surface area contributed by atoms with Crippen molar-refractivity contribution in [2.45, 2.75) is 32.8 Å². The lowest BCUT2D eigenvalue weighted by Gasteiger charge is -2.19. The molecule has 1 aromatic carbocycles.